The molecule has 3 N–H and O–H groups in total. The molecule has 5 heteroatoms. The zero-order valence-electron chi connectivity index (χ0n) is 11.0. The highest BCUT2D eigenvalue weighted by Gasteiger charge is 2.21. The van der Waals surface area contributed by atoms with Crippen LogP contribution >= 0.6 is 12.4 Å². The average Bonchev–Trinajstić information content (AvgIpc) is 2.40. The maximum Gasteiger partial charge on any atom is 0.221 e. The molecule has 2 rings (SSSR count). The van der Waals surface area contributed by atoms with Crippen molar-refractivity contribution in [1.29, 1.82) is 0 Å². The molecule has 1 aromatic carbocycles. The van der Waals surface area contributed by atoms with Gasteiger partial charge in [0.05, 0.1) is 0 Å². The Labute approximate surface area is 120 Å². The first-order valence-corrected chi connectivity index (χ1v) is 6.59. The van der Waals surface area contributed by atoms with Crippen molar-refractivity contribution in [2.45, 2.75) is 25.3 Å². The monoisotopic (exact) mass is 283 g/mol. The predicted octanol–water partition coefficient (Wildman–Crippen LogP) is 1.54. The van der Waals surface area contributed by atoms with Crippen molar-refractivity contribution < 1.29 is 4.79 Å². The molecule has 106 valence electrons. The van der Waals surface area contributed by atoms with E-state index < -0.39 is 0 Å². The lowest BCUT2D eigenvalue weighted by atomic mass is 10.0. The van der Waals surface area contributed by atoms with Crippen molar-refractivity contribution in [3.63, 3.8) is 0 Å². The molecule has 0 saturated carbocycles. The first kappa shape index (κ1) is 15.8. The van der Waals surface area contributed by atoms with E-state index in [9.17, 15) is 4.79 Å². The Balaban J connectivity index is 0.00000180. The molecule has 4 nitrogen and oxygen atoms in total. The summed E-state index contributed by atoms with van der Waals surface area (Å²) in [5.74, 6) is 0.0670. The topological polar surface area (TPSA) is 58.4 Å². The summed E-state index contributed by atoms with van der Waals surface area (Å²) < 4.78 is 0. The van der Waals surface area contributed by atoms with Crippen molar-refractivity contribution >= 4 is 24.0 Å². The van der Waals surface area contributed by atoms with Crippen LogP contribution in [-0.4, -0.2) is 31.6 Å². The average molecular weight is 284 g/mol. The molecule has 1 aromatic rings. The summed E-state index contributed by atoms with van der Waals surface area (Å²) in [5, 5.41) is 3.06. The number of benzene rings is 1. The molecule has 1 saturated heterocycles. The highest BCUT2D eigenvalue weighted by Crippen LogP contribution is 2.19. The van der Waals surface area contributed by atoms with Gasteiger partial charge in [0.2, 0.25) is 5.91 Å². The summed E-state index contributed by atoms with van der Waals surface area (Å²) in [5.41, 5.74) is 6.61. The number of hydrogen-bond donors (Lipinski definition) is 2. The maximum absolute atomic E-state index is 11.5. The largest absolute Gasteiger partial charge is 0.369 e. The van der Waals surface area contributed by atoms with Crippen LogP contribution in [-0.2, 0) is 4.79 Å². The highest BCUT2D eigenvalue weighted by atomic mass is 35.5. The first-order valence-electron chi connectivity index (χ1n) is 6.59. The third-order valence-corrected chi connectivity index (χ3v) is 3.28. The lowest BCUT2D eigenvalue weighted by Gasteiger charge is -2.34. The quantitative estimate of drug-likeness (QED) is 0.881. The Morgan fingerprint density at radius 1 is 1.37 bits per heavy atom. The summed E-state index contributed by atoms with van der Waals surface area (Å²) in [6.07, 6.45) is 2.59. The van der Waals surface area contributed by atoms with E-state index in [0.29, 0.717) is 13.0 Å². The third-order valence-electron chi connectivity index (χ3n) is 3.28. The Bertz CT molecular complexity index is 386. The van der Waals surface area contributed by atoms with Gasteiger partial charge in [-0.25, -0.2) is 0 Å². The number of para-hydroxylation sites is 1. The Morgan fingerprint density at radius 3 is 2.79 bits per heavy atom. The number of carbonyl (C=O) groups excluding carboxylic acids is 1. The number of carbonyl (C=O) groups is 1. The third kappa shape index (κ3) is 4.73. The second-order valence-electron chi connectivity index (χ2n) is 4.73. The summed E-state index contributed by atoms with van der Waals surface area (Å²) >= 11 is 0. The van der Waals surface area contributed by atoms with Gasteiger partial charge in [0.15, 0.2) is 0 Å². The van der Waals surface area contributed by atoms with E-state index in [1.54, 1.807) is 0 Å². The van der Waals surface area contributed by atoms with Gasteiger partial charge in [-0.05, 0) is 25.0 Å². The standard InChI is InChI=1S/C14H21N3O.ClH/c15-9-8-14(18)16-12-5-4-10-17(11-12)13-6-2-1-3-7-13;/h1-3,6-7,12H,4-5,8-11,15H2,(H,16,18);1H. The minimum atomic E-state index is 0. The molecule has 1 heterocycles. The number of hydrogen-bond acceptors (Lipinski definition) is 3. The Kier molecular flexibility index (Phi) is 6.67. The van der Waals surface area contributed by atoms with Crippen LogP contribution in [0.5, 0.6) is 0 Å². The maximum atomic E-state index is 11.5. The van der Waals surface area contributed by atoms with Crippen LogP contribution in [0.25, 0.3) is 0 Å². The van der Waals surface area contributed by atoms with Crippen LogP contribution in [0.1, 0.15) is 19.3 Å². The SMILES string of the molecule is Cl.NCCC(=O)NC1CCCN(c2ccccc2)C1. The van der Waals surface area contributed by atoms with Crippen LogP contribution in [0.3, 0.4) is 0 Å². The fraction of sp³-hybridized carbons (Fsp3) is 0.500. The van der Waals surface area contributed by atoms with E-state index in [4.69, 9.17) is 5.73 Å². The molecule has 0 aliphatic carbocycles. The van der Waals surface area contributed by atoms with Gasteiger partial charge in [-0.3, -0.25) is 4.79 Å². The summed E-state index contributed by atoms with van der Waals surface area (Å²) in [7, 11) is 0. The molecule has 1 fully saturated rings. The molecule has 1 aliphatic heterocycles. The smallest absolute Gasteiger partial charge is 0.221 e. The van der Waals surface area contributed by atoms with Crippen LogP contribution in [0.4, 0.5) is 5.69 Å². The van der Waals surface area contributed by atoms with Gasteiger partial charge in [-0.15, -0.1) is 12.4 Å². The summed E-state index contributed by atoms with van der Waals surface area (Å²) in [4.78, 5) is 13.9. The van der Waals surface area contributed by atoms with Crippen LogP contribution in [0, 0.1) is 0 Å². The van der Waals surface area contributed by atoms with Gasteiger partial charge in [-0.1, -0.05) is 18.2 Å². The summed E-state index contributed by atoms with van der Waals surface area (Å²) in [6, 6.07) is 10.6. The number of piperidine rings is 1. The highest BCUT2D eigenvalue weighted by molar-refractivity contribution is 5.85. The van der Waals surface area contributed by atoms with E-state index in [-0.39, 0.29) is 24.4 Å². The normalized spacial score (nSPS) is 18.6. The van der Waals surface area contributed by atoms with Crippen molar-refractivity contribution in [3.8, 4) is 0 Å². The van der Waals surface area contributed by atoms with Crippen LogP contribution < -0.4 is 16.0 Å². The number of halogens is 1. The van der Waals surface area contributed by atoms with Crippen LogP contribution in [0.15, 0.2) is 30.3 Å². The van der Waals surface area contributed by atoms with E-state index in [0.717, 1.165) is 25.9 Å². The van der Waals surface area contributed by atoms with Gasteiger partial charge >= 0.3 is 0 Å². The fourth-order valence-electron chi connectivity index (χ4n) is 2.40. The number of rotatable bonds is 4. The minimum absolute atomic E-state index is 0. The number of anilines is 1. The van der Waals surface area contributed by atoms with Gasteiger partial charge in [0.1, 0.15) is 0 Å². The van der Waals surface area contributed by atoms with Gasteiger partial charge in [0.25, 0.3) is 0 Å². The van der Waals surface area contributed by atoms with Gasteiger partial charge in [0, 0.05) is 37.8 Å². The number of nitrogens with zero attached hydrogens (tertiary/aromatic N) is 1. The molecule has 1 atom stereocenters. The Hall–Kier alpha value is -1.26. The predicted molar refractivity (Wildman–Crippen MR) is 80.7 cm³/mol. The molecule has 19 heavy (non-hydrogen) atoms. The fourth-order valence-corrected chi connectivity index (χ4v) is 2.40. The molecule has 0 aromatic heterocycles. The lowest BCUT2D eigenvalue weighted by Crippen LogP contribution is -2.48. The van der Waals surface area contributed by atoms with Crippen molar-refractivity contribution in [3.05, 3.63) is 30.3 Å². The minimum Gasteiger partial charge on any atom is -0.369 e. The van der Waals surface area contributed by atoms with Gasteiger partial charge < -0.3 is 16.0 Å². The second-order valence-corrected chi connectivity index (χ2v) is 4.73. The molecular formula is C14H22ClN3O. The summed E-state index contributed by atoms with van der Waals surface area (Å²) in [6.45, 7) is 2.37. The molecule has 0 radical (unpaired) electrons. The molecule has 0 spiro atoms. The molecule has 1 aliphatic rings. The van der Waals surface area contributed by atoms with Crippen molar-refractivity contribution in [2.75, 3.05) is 24.5 Å². The first-order chi connectivity index (χ1) is 8.79. The number of nitrogens with two attached hydrogens (primary N) is 1. The lowest BCUT2D eigenvalue weighted by molar-refractivity contribution is -0.121. The molecular weight excluding hydrogens is 262 g/mol. The van der Waals surface area contributed by atoms with Crippen molar-refractivity contribution in [1.82, 2.24) is 5.32 Å². The van der Waals surface area contributed by atoms with Crippen LogP contribution in [0.2, 0.25) is 0 Å². The molecule has 1 unspecified atom stereocenters. The number of amides is 1. The zero-order chi connectivity index (χ0) is 12.8. The van der Waals surface area contributed by atoms with E-state index in [1.165, 1.54) is 5.69 Å². The van der Waals surface area contributed by atoms with E-state index in [2.05, 4.69) is 22.3 Å². The zero-order valence-corrected chi connectivity index (χ0v) is 11.9. The van der Waals surface area contributed by atoms with E-state index >= 15 is 0 Å². The Morgan fingerprint density at radius 2 is 2.11 bits per heavy atom. The molecule has 1 amide bonds. The van der Waals surface area contributed by atoms with E-state index in [1.807, 2.05) is 18.2 Å². The van der Waals surface area contributed by atoms with Crippen molar-refractivity contribution in [2.24, 2.45) is 5.73 Å². The number of nitrogens with one attached hydrogen (secondary N) is 1. The molecule has 0 bridgehead atoms. The second kappa shape index (κ2) is 8.02. The van der Waals surface area contributed by atoms with Gasteiger partial charge in [-0.2, -0.15) is 0 Å².